The third-order valence-electron chi connectivity index (χ3n) is 4.14. The minimum Gasteiger partial charge on any atom is -0.472 e. The van der Waals surface area contributed by atoms with Crippen LogP contribution in [-0.2, 0) is 0 Å². The van der Waals surface area contributed by atoms with E-state index in [0.717, 1.165) is 33.8 Å². The summed E-state index contributed by atoms with van der Waals surface area (Å²) in [6.45, 7) is 0. The lowest BCUT2D eigenvalue weighted by Gasteiger charge is -2.07. The van der Waals surface area contributed by atoms with Crippen LogP contribution in [0.5, 0.6) is 0 Å². The summed E-state index contributed by atoms with van der Waals surface area (Å²) >= 11 is 0. The van der Waals surface area contributed by atoms with Gasteiger partial charge in [0.15, 0.2) is 0 Å². The number of rotatable bonds is 3. The second kappa shape index (κ2) is 5.45. The molecule has 0 saturated carbocycles. The van der Waals surface area contributed by atoms with Crippen LogP contribution in [0.3, 0.4) is 0 Å². The lowest BCUT2D eigenvalue weighted by molar-refractivity contribution is 0.568. The fourth-order valence-electron chi connectivity index (χ4n) is 2.89. The van der Waals surface area contributed by atoms with Gasteiger partial charge in [0.2, 0.25) is 0 Å². The van der Waals surface area contributed by atoms with Crippen LogP contribution in [0.25, 0.3) is 33.8 Å². The molecule has 6 heteroatoms. The average molecular weight is 327 g/mol. The van der Waals surface area contributed by atoms with Gasteiger partial charge in [0.05, 0.1) is 23.6 Å². The zero-order chi connectivity index (χ0) is 16.6. The highest BCUT2D eigenvalue weighted by molar-refractivity contribution is 5.83. The minimum atomic E-state index is 0.810. The predicted molar refractivity (Wildman–Crippen MR) is 93.7 cm³/mol. The molecule has 0 saturated heterocycles. The normalized spacial score (nSPS) is 11.2. The molecule has 0 N–H and O–H groups in total. The van der Waals surface area contributed by atoms with Gasteiger partial charge in [0.25, 0.3) is 0 Å². The quantitative estimate of drug-likeness (QED) is 0.505. The Balaban J connectivity index is 1.61. The van der Waals surface area contributed by atoms with Gasteiger partial charge in [-0.15, -0.1) is 0 Å². The monoisotopic (exact) mass is 327 g/mol. The van der Waals surface area contributed by atoms with E-state index in [1.54, 1.807) is 31.4 Å². The zero-order valence-corrected chi connectivity index (χ0v) is 13.1. The smallest absolute Gasteiger partial charge is 0.140 e. The Kier molecular flexibility index (Phi) is 3.00. The number of imidazole rings is 2. The molecule has 0 aliphatic carbocycles. The fourth-order valence-corrected chi connectivity index (χ4v) is 2.89. The molecule has 4 aromatic heterocycles. The number of hydrogen-bond donors (Lipinski definition) is 0. The van der Waals surface area contributed by atoms with Gasteiger partial charge in [-0.25, -0.2) is 15.0 Å². The van der Waals surface area contributed by atoms with Crippen LogP contribution < -0.4 is 0 Å². The molecule has 0 aliphatic heterocycles. The molecule has 0 aliphatic rings. The van der Waals surface area contributed by atoms with E-state index in [-0.39, 0.29) is 0 Å². The Morgan fingerprint density at radius 2 is 1.88 bits per heavy atom. The molecule has 6 nitrogen and oxygen atoms in total. The molecule has 0 radical (unpaired) electrons. The Morgan fingerprint density at radius 3 is 2.72 bits per heavy atom. The summed E-state index contributed by atoms with van der Waals surface area (Å²) in [7, 11) is 0. The van der Waals surface area contributed by atoms with Crippen molar-refractivity contribution in [2.75, 3.05) is 0 Å². The first-order chi connectivity index (χ1) is 12.4. The van der Waals surface area contributed by atoms with Crippen LogP contribution in [0.2, 0.25) is 0 Å². The molecule has 0 atom stereocenters. The molecule has 1 aromatic carbocycles. The van der Waals surface area contributed by atoms with Gasteiger partial charge in [0, 0.05) is 18.0 Å². The first kappa shape index (κ1) is 13.7. The Morgan fingerprint density at radius 1 is 0.920 bits per heavy atom. The Hall–Kier alpha value is -3.67. The van der Waals surface area contributed by atoms with Crippen LogP contribution in [0.4, 0.5) is 0 Å². The molecule has 0 spiro atoms. The molecule has 120 valence electrons. The topological polar surface area (TPSA) is 61.7 Å². The van der Waals surface area contributed by atoms with Crippen molar-refractivity contribution in [2.45, 2.75) is 0 Å². The van der Waals surface area contributed by atoms with Crippen LogP contribution >= 0.6 is 0 Å². The fraction of sp³-hybridized carbons (Fsp3) is 0. The summed E-state index contributed by atoms with van der Waals surface area (Å²) in [6.07, 6.45) is 10.5. The molecule has 4 heterocycles. The summed E-state index contributed by atoms with van der Waals surface area (Å²) in [6, 6.07) is 14.0. The highest BCUT2D eigenvalue weighted by Gasteiger charge is 2.09. The summed E-state index contributed by atoms with van der Waals surface area (Å²) in [4.78, 5) is 13.3. The van der Waals surface area contributed by atoms with Crippen molar-refractivity contribution in [2.24, 2.45) is 0 Å². The average Bonchev–Trinajstić information content (AvgIpc) is 3.42. The second-order valence-electron chi connectivity index (χ2n) is 5.65. The van der Waals surface area contributed by atoms with E-state index in [0.29, 0.717) is 0 Å². The van der Waals surface area contributed by atoms with E-state index in [9.17, 15) is 0 Å². The van der Waals surface area contributed by atoms with Gasteiger partial charge in [-0.05, 0) is 35.9 Å². The van der Waals surface area contributed by atoms with Crippen molar-refractivity contribution in [1.82, 2.24) is 24.1 Å². The van der Waals surface area contributed by atoms with Crippen molar-refractivity contribution in [3.05, 3.63) is 80.0 Å². The molecule has 0 fully saturated rings. The number of hydrogen-bond acceptors (Lipinski definition) is 4. The molecule has 5 aromatic rings. The number of fused-ring (bicyclic) bond motifs is 1. The van der Waals surface area contributed by atoms with Gasteiger partial charge in [-0.2, -0.15) is 0 Å². The summed E-state index contributed by atoms with van der Waals surface area (Å²) in [5, 5.41) is 0. The number of pyridine rings is 1. The van der Waals surface area contributed by atoms with Gasteiger partial charge in [0.1, 0.15) is 24.3 Å². The largest absolute Gasteiger partial charge is 0.472 e. The maximum atomic E-state index is 5.16. The van der Waals surface area contributed by atoms with E-state index in [1.165, 1.54) is 0 Å². The van der Waals surface area contributed by atoms with E-state index < -0.39 is 0 Å². The SMILES string of the molecule is c1cc(-n2ccnc2)nc(-n2cnc3cc(-c4ccoc4)ccc32)c1. The van der Waals surface area contributed by atoms with E-state index in [1.807, 2.05) is 39.6 Å². The maximum absolute atomic E-state index is 5.16. The van der Waals surface area contributed by atoms with E-state index in [4.69, 9.17) is 9.40 Å². The first-order valence-electron chi connectivity index (χ1n) is 7.84. The minimum absolute atomic E-state index is 0.810. The van der Waals surface area contributed by atoms with Gasteiger partial charge in [-0.3, -0.25) is 9.13 Å². The number of nitrogens with zero attached hydrogens (tertiary/aromatic N) is 5. The maximum Gasteiger partial charge on any atom is 0.140 e. The van der Waals surface area contributed by atoms with Crippen molar-refractivity contribution in [3.8, 4) is 22.8 Å². The molecule has 0 bridgehead atoms. The highest BCUT2D eigenvalue weighted by Crippen LogP contribution is 2.25. The van der Waals surface area contributed by atoms with Gasteiger partial charge < -0.3 is 4.42 Å². The molecule has 25 heavy (non-hydrogen) atoms. The van der Waals surface area contributed by atoms with E-state index >= 15 is 0 Å². The molecular weight excluding hydrogens is 314 g/mol. The number of benzene rings is 1. The van der Waals surface area contributed by atoms with Gasteiger partial charge >= 0.3 is 0 Å². The van der Waals surface area contributed by atoms with Crippen LogP contribution in [0, 0.1) is 0 Å². The summed E-state index contributed by atoms with van der Waals surface area (Å²) < 4.78 is 9.02. The third-order valence-corrected chi connectivity index (χ3v) is 4.14. The predicted octanol–water partition coefficient (Wildman–Crippen LogP) is 3.87. The standard InChI is InChI=1S/C19H13N5O/c1-2-18(23-8-7-20-12-23)22-19(3-1)24-13-21-16-10-14(4-5-17(16)24)15-6-9-25-11-15/h1-13H. The van der Waals surface area contributed by atoms with Crippen LogP contribution in [0.15, 0.2) is 84.5 Å². The molecular formula is C19H13N5O. The lowest BCUT2D eigenvalue weighted by atomic mass is 10.1. The van der Waals surface area contributed by atoms with Crippen molar-refractivity contribution in [3.63, 3.8) is 0 Å². The third kappa shape index (κ3) is 2.31. The lowest BCUT2D eigenvalue weighted by Crippen LogP contribution is -2.00. The summed E-state index contributed by atoms with van der Waals surface area (Å²) in [5.41, 5.74) is 4.03. The molecule has 0 amide bonds. The number of furan rings is 1. The van der Waals surface area contributed by atoms with Crippen LogP contribution in [-0.4, -0.2) is 24.1 Å². The van der Waals surface area contributed by atoms with Crippen molar-refractivity contribution < 1.29 is 4.42 Å². The van der Waals surface area contributed by atoms with Crippen LogP contribution in [0.1, 0.15) is 0 Å². The molecule has 0 unspecified atom stereocenters. The van der Waals surface area contributed by atoms with E-state index in [2.05, 4.69) is 28.2 Å². The van der Waals surface area contributed by atoms with Crippen molar-refractivity contribution in [1.29, 1.82) is 0 Å². The second-order valence-corrected chi connectivity index (χ2v) is 5.65. The highest BCUT2D eigenvalue weighted by atomic mass is 16.3. The summed E-state index contributed by atoms with van der Waals surface area (Å²) in [5.74, 6) is 1.62. The first-order valence-corrected chi connectivity index (χ1v) is 7.84. The zero-order valence-electron chi connectivity index (χ0n) is 13.1. The van der Waals surface area contributed by atoms with Gasteiger partial charge in [-0.1, -0.05) is 12.1 Å². The molecule has 5 rings (SSSR count). The Labute approximate surface area is 143 Å². The van der Waals surface area contributed by atoms with Crippen molar-refractivity contribution >= 4 is 11.0 Å². The number of aromatic nitrogens is 5. The Bertz CT molecular complexity index is 1140.